The van der Waals surface area contributed by atoms with Crippen LogP contribution in [-0.4, -0.2) is 7.05 Å². The molecule has 1 nitrogen and oxygen atoms in total. The fourth-order valence-electron chi connectivity index (χ4n) is 1.31. The molecule has 0 aliphatic heterocycles. The van der Waals surface area contributed by atoms with Crippen molar-refractivity contribution in [2.24, 2.45) is 0 Å². The Kier molecular flexibility index (Phi) is 8.76. The van der Waals surface area contributed by atoms with Gasteiger partial charge in [0.15, 0.2) is 0 Å². The van der Waals surface area contributed by atoms with E-state index in [1.54, 1.807) is 0 Å². The van der Waals surface area contributed by atoms with Crippen LogP contribution in [0.1, 0.15) is 0 Å². The second kappa shape index (κ2) is 8.53. The molecule has 0 spiro atoms. The van der Waals surface area contributed by atoms with Gasteiger partial charge < -0.3 is 4.90 Å². The van der Waals surface area contributed by atoms with Gasteiger partial charge in [0.05, 0.1) is 0 Å². The van der Waals surface area contributed by atoms with Gasteiger partial charge in [-0.2, -0.15) is 48.5 Å². The number of anilines is 2. The summed E-state index contributed by atoms with van der Waals surface area (Å²) >= 11 is 0. The third kappa shape index (κ3) is 4.37. The Morgan fingerprint density at radius 2 is 1.25 bits per heavy atom. The Labute approximate surface area is 147 Å². The van der Waals surface area contributed by atoms with E-state index in [1.165, 1.54) is 0 Å². The minimum Gasteiger partial charge on any atom is -0.391 e. The Bertz CT molecular complexity index is 350. The van der Waals surface area contributed by atoms with Crippen LogP contribution < -0.4 is 4.90 Å². The van der Waals surface area contributed by atoms with Gasteiger partial charge in [0.1, 0.15) is 0 Å². The van der Waals surface area contributed by atoms with Crippen LogP contribution in [0.25, 0.3) is 0 Å². The molecule has 0 heterocycles. The van der Waals surface area contributed by atoms with Crippen LogP contribution in [0.15, 0.2) is 48.5 Å². The van der Waals surface area contributed by atoms with E-state index in [4.69, 9.17) is 0 Å². The molecule has 0 saturated heterocycles. The van der Waals surface area contributed by atoms with Crippen LogP contribution in [0.2, 0.25) is 0 Å². The van der Waals surface area contributed by atoms with Gasteiger partial charge in [-0.25, -0.2) is 0 Å². The molecule has 0 aliphatic carbocycles. The molecule has 0 bridgehead atoms. The number of nitrogens with zero attached hydrogens (tertiary/aromatic N) is 1. The summed E-state index contributed by atoms with van der Waals surface area (Å²) in [6.45, 7) is 0. The van der Waals surface area contributed by atoms with Gasteiger partial charge in [-0.05, 0) is 0 Å². The predicted octanol–water partition coefficient (Wildman–Crippen LogP) is 3.05. The van der Waals surface area contributed by atoms with E-state index < -0.39 is 0 Å². The molecule has 2 aromatic carbocycles. The van der Waals surface area contributed by atoms with Gasteiger partial charge in [0.25, 0.3) is 0 Å². The molecule has 0 amide bonds. The maximum Gasteiger partial charge on any atom is 0.00724 e. The van der Waals surface area contributed by atoms with Gasteiger partial charge in [0.2, 0.25) is 0 Å². The summed E-state index contributed by atoms with van der Waals surface area (Å²) < 4.78 is 0. The van der Waals surface area contributed by atoms with Crippen molar-refractivity contribution >= 4 is 11.4 Å². The summed E-state index contributed by atoms with van der Waals surface area (Å²) in [5.41, 5.74) is 2.10. The zero-order valence-electron chi connectivity index (χ0n) is 9.22. The van der Waals surface area contributed by atoms with Crippen LogP contribution in [-0.2, 0) is 65.4 Å². The molecule has 0 aromatic heterocycles. The molecule has 0 fully saturated rings. The van der Waals surface area contributed by atoms with Crippen molar-refractivity contribution in [3.63, 3.8) is 0 Å². The van der Waals surface area contributed by atoms with Crippen molar-refractivity contribution in [2.75, 3.05) is 11.9 Å². The van der Waals surface area contributed by atoms with E-state index in [-0.39, 0.29) is 65.4 Å². The quantitative estimate of drug-likeness (QED) is 0.746. The monoisotopic (exact) mass is 359 g/mol. The molecule has 16 heavy (non-hydrogen) atoms. The SMILES string of the molecule is CN(c1[c-]cccc1)c1[c-]cccc1.[Y].[Y]. The van der Waals surface area contributed by atoms with E-state index in [1.807, 2.05) is 55.6 Å². The number of hydrogen-bond acceptors (Lipinski definition) is 1. The third-order valence-corrected chi connectivity index (χ3v) is 2.11. The second-order valence-electron chi connectivity index (χ2n) is 3.05. The topological polar surface area (TPSA) is 3.24 Å². The first-order chi connectivity index (χ1) is 6.88. The first kappa shape index (κ1) is 16.4. The molecular formula is C13H11NY2-2. The average molecular weight is 359 g/mol. The molecule has 0 saturated carbocycles. The molecule has 3 heteroatoms. The molecule has 2 rings (SSSR count). The zero-order valence-corrected chi connectivity index (χ0v) is 14.9. The van der Waals surface area contributed by atoms with Crippen molar-refractivity contribution < 1.29 is 65.4 Å². The summed E-state index contributed by atoms with van der Waals surface area (Å²) in [5.74, 6) is 0. The summed E-state index contributed by atoms with van der Waals surface area (Å²) in [6.07, 6.45) is 0. The molecule has 0 N–H and O–H groups in total. The smallest absolute Gasteiger partial charge is 0.00724 e. The van der Waals surface area contributed by atoms with E-state index in [0.29, 0.717) is 0 Å². The second-order valence-corrected chi connectivity index (χ2v) is 3.05. The van der Waals surface area contributed by atoms with Gasteiger partial charge in [-0.15, -0.1) is 12.1 Å². The maximum absolute atomic E-state index is 3.17. The molecule has 0 aliphatic rings. The minimum atomic E-state index is 0. The summed E-state index contributed by atoms with van der Waals surface area (Å²) in [4.78, 5) is 2.06. The van der Waals surface area contributed by atoms with Gasteiger partial charge >= 0.3 is 0 Å². The first-order valence-electron chi connectivity index (χ1n) is 4.55. The van der Waals surface area contributed by atoms with E-state index in [2.05, 4.69) is 17.0 Å². The molecule has 2 aromatic rings. The van der Waals surface area contributed by atoms with Crippen LogP contribution in [0.5, 0.6) is 0 Å². The number of benzene rings is 2. The van der Waals surface area contributed by atoms with Crippen molar-refractivity contribution in [3.8, 4) is 0 Å². The number of rotatable bonds is 2. The molecule has 0 atom stereocenters. The molecular weight excluding hydrogens is 348 g/mol. The molecule has 2 radical (unpaired) electrons. The fourth-order valence-corrected chi connectivity index (χ4v) is 1.31. The average Bonchev–Trinajstić information content (AvgIpc) is 2.30. The fraction of sp³-hybridized carbons (Fsp3) is 0.0769. The van der Waals surface area contributed by atoms with Crippen LogP contribution in [0, 0.1) is 12.1 Å². The molecule has 0 unspecified atom stereocenters. The Hall–Kier alpha value is 0.448. The Morgan fingerprint density at radius 3 is 1.56 bits per heavy atom. The van der Waals surface area contributed by atoms with E-state index in [0.717, 1.165) is 11.4 Å². The predicted molar refractivity (Wildman–Crippen MR) is 58.6 cm³/mol. The van der Waals surface area contributed by atoms with Crippen LogP contribution in [0.4, 0.5) is 11.4 Å². The molecule has 76 valence electrons. The Morgan fingerprint density at radius 1 is 0.812 bits per heavy atom. The van der Waals surface area contributed by atoms with Crippen molar-refractivity contribution in [1.82, 2.24) is 0 Å². The third-order valence-electron chi connectivity index (χ3n) is 2.11. The van der Waals surface area contributed by atoms with Crippen molar-refractivity contribution in [3.05, 3.63) is 60.7 Å². The van der Waals surface area contributed by atoms with Gasteiger partial charge in [0, 0.05) is 72.5 Å². The van der Waals surface area contributed by atoms with E-state index >= 15 is 0 Å². The number of hydrogen-bond donors (Lipinski definition) is 0. The van der Waals surface area contributed by atoms with Gasteiger partial charge in [-0.3, -0.25) is 0 Å². The maximum atomic E-state index is 3.17. The van der Waals surface area contributed by atoms with Crippen molar-refractivity contribution in [2.45, 2.75) is 0 Å². The van der Waals surface area contributed by atoms with Gasteiger partial charge in [-0.1, -0.05) is 11.4 Å². The largest absolute Gasteiger partial charge is 0.391 e. The first-order valence-corrected chi connectivity index (χ1v) is 4.55. The normalized spacial score (nSPS) is 8.56. The van der Waals surface area contributed by atoms with Crippen molar-refractivity contribution in [1.29, 1.82) is 0 Å². The summed E-state index contributed by atoms with van der Waals surface area (Å²) in [5, 5.41) is 0. The zero-order chi connectivity index (χ0) is 9.80. The van der Waals surface area contributed by atoms with E-state index in [9.17, 15) is 0 Å². The Balaban J connectivity index is 0.00000112. The standard InChI is InChI=1S/C13H11N.2Y/c1-14(12-8-4-2-5-9-12)13-10-6-3-7-11-13;;/h2-8,10H,1H3;;/q-2;;. The van der Waals surface area contributed by atoms with Crippen LogP contribution >= 0.6 is 0 Å². The minimum absolute atomic E-state index is 0. The number of para-hydroxylation sites is 2. The van der Waals surface area contributed by atoms with Crippen LogP contribution in [0.3, 0.4) is 0 Å². The summed E-state index contributed by atoms with van der Waals surface area (Å²) in [7, 11) is 2.01. The summed E-state index contributed by atoms with van der Waals surface area (Å²) in [6, 6.07) is 22.2.